The molecule has 0 bridgehead atoms. The number of carbonyl (C=O) groups is 1. The molecule has 5 heteroatoms. The van der Waals surface area contributed by atoms with Gasteiger partial charge in [-0.05, 0) is 25.0 Å². The van der Waals surface area contributed by atoms with Gasteiger partial charge in [-0.2, -0.15) is 0 Å². The van der Waals surface area contributed by atoms with Crippen molar-refractivity contribution >= 4 is 33.3 Å². The van der Waals surface area contributed by atoms with E-state index >= 15 is 0 Å². The molecular formula is C15H19N2O2Si. The Balaban J connectivity index is 2.48. The van der Waals surface area contributed by atoms with Crippen LogP contribution < -0.4 is 10.1 Å². The molecule has 0 atom stereocenters. The Labute approximate surface area is 123 Å². The number of ether oxygens (including phenoxy) is 1. The summed E-state index contributed by atoms with van der Waals surface area (Å²) < 4.78 is 4.81. The number of nitrogens with zero attached hydrogens (tertiary/aromatic N) is 1. The summed E-state index contributed by atoms with van der Waals surface area (Å²) in [6.45, 7) is 0. The van der Waals surface area contributed by atoms with Crippen LogP contribution in [0.15, 0.2) is 12.1 Å². The second kappa shape index (κ2) is 6.22. The van der Waals surface area contributed by atoms with Crippen LogP contribution >= 0.6 is 0 Å². The molecule has 0 aliphatic heterocycles. The van der Waals surface area contributed by atoms with Gasteiger partial charge in [-0.15, -0.1) is 0 Å². The standard InChI is InChI=1S/C15H19N2O2Si/c1-17(10-5-3-4-6-10)14-8-11(20)7-12(13(14)9-16)15(18)19-2/h7-10,16H,3-6H2,1-2H3. The molecule has 2 rings (SSSR count). The molecule has 3 radical (unpaired) electrons. The van der Waals surface area contributed by atoms with Gasteiger partial charge in [0.2, 0.25) is 0 Å². The Bertz CT molecular complexity index is 525. The molecular weight excluding hydrogens is 268 g/mol. The first-order chi connectivity index (χ1) is 9.58. The number of carbonyl (C=O) groups excluding carboxylic acids is 1. The predicted octanol–water partition coefficient (Wildman–Crippen LogP) is 1.64. The van der Waals surface area contributed by atoms with Crippen molar-refractivity contribution in [2.75, 3.05) is 19.1 Å². The predicted molar refractivity (Wildman–Crippen MR) is 81.7 cm³/mol. The van der Waals surface area contributed by atoms with Gasteiger partial charge in [0, 0.05) is 30.6 Å². The SMILES string of the molecule is COC(=O)c1cc([Si])cc(N(C)C2CCCC2)c1C=N. The summed E-state index contributed by atoms with van der Waals surface area (Å²) in [6.07, 6.45) is 6.04. The van der Waals surface area contributed by atoms with Crippen molar-refractivity contribution < 1.29 is 9.53 Å². The van der Waals surface area contributed by atoms with Gasteiger partial charge < -0.3 is 15.0 Å². The van der Waals surface area contributed by atoms with Gasteiger partial charge >= 0.3 is 5.97 Å². The van der Waals surface area contributed by atoms with Crippen LogP contribution in [-0.2, 0) is 4.74 Å². The largest absolute Gasteiger partial charge is 0.465 e. The second-order valence-corrected chi connectivity index (χ2v) is 5.72. The zero-order valence-corrected chi connectivity index (χ0v) is 12.9. The van der Waals surface area contributed by atoms with Gasteiger partial charge in [-0.25, -0.2) is 4.79 Å². The molecule has 1 fully saturated rings. The smallest absolute Gasteiger partial charge is 0.338 e. The maximum Gasteiger partial charge on any atom is 0.338 e. The number of hydrogen-bond donors (Lipinski definition) is 1. The van der Waals surface area contributed by atoms with Crippen molar-refractivity contribution in [1.82, 2.24) is 0 Å². The lowest BCUT2D eigenvalue weighted by Crippen LogP contribution is -2.31. The van der Waals surface area contributed by atoms with Gasteiger partial charge in [-0.3, -0.25) is 0 Å². The van der Waals surface area contributed by atoms with Crippen molar-refractivity contribution in [3.63, 3.8) is 0 Å². The van der Waals surface area contributed by atoms with Crippen LogP contribution in [0.1, 0.15) is 41.6 Å². The molecule has 0 amide bonds. The minimum Gasteiger partial charge on any atom is -0.465 e. The first kappa shape index (κ1) is 14.8. The Kier molecular flexibility index (Phi) is 4.59. The zero-order valence-electron chi connectivity index (χ0n) is 11.9. The molecule has 0 spiro atoms. The molecule has 1 saturated carbocycles. The van der Waals surface area contributed by atoms with Crippen molar-refractivity contribution in [2.24, 2.45) is 0 Å². The number of benzene rings is 1. The van der Waals surface area contributed by atoms with E-state index in [1.807, 2.05) is 13.1 Å². The summed E-state index contributed by atoms with van der Waals surface area (Å²) in [5.74, 6) is -0.412. The minimum atomic E-state index is -0.412. The summed E-state index contributed by atoms with van der Waals surface area (Å²) in [5, 5.41) is 8.47. The average molecular weight is 287 g/mol. The van der Waals surface area contributed by atoms with Gasteiger partial charge in [0.25, 0.3) is 0 Å². The van der Waals surface area contributed by atoms with Crippen LogP contribution in [-0.4, -0.2) is 42.6 Å². The second-order valence-electron chi connectivity index (χ2n) is 5.14. The Morgan fingerprint density at radius 1 is 1.45 bits per heavy atom. The summed E-state index contributed by atoms with van der Waals surface area (Å²) >= 11 is 0. The van der Waals surface area contributed by atoms with E-state index in [0.29, 0.717) is 17.2 Å². The number of anilines is 1. The molecule has 0 saturated heterocycles. The lowest BCUT2D eigenvalue weighted by Gasteiger charge is -2.29. The highest BCUT2D eigenvalue weighted by Crippen LogP contribution is 2.29. The zero-order chi connectivity index (χ0) is 14.7. The summed E-state index contributed by atoms with van der Waals surface area (Å²) in [4.78, 5) is 14.1. The number of rotatable bonds is 4. The molecule has 4 nitrogen and oxygen atoms in total. The lowest BCUT2D eigenvalue weighted by molar-refractivity contribution is 0.0600. The van der Waals surface area contributed by atoms with E-state index in [1.165, 1.54) is 26.2 Å². The molecule has 1 aliphatic carbocycles. The maximum absolute atomic E-state index is 11.9. The Hall–Kier alpha value is -1.62. The molecule has 0 unspecified atom stereocenters. The van der Waals surface area contributed by atoms with Gasteiger partial charge in [0.1, 0.15) is 0 Å². The van der Waals surface area contributed by atoms with Crippen LogP contribution in [0.25, 0.3) is 0 Å². The van der Waals surface area contributed by atoms with Crippen LogP contribution in [0, 0.1) is 5.41 Å². The van der Waals surface area contributed by atoms with Crippen molar-refractivity contribution in [3.05, 3.63) is 23.3 Å². The highest BCUT2D eigenvalue weighted by atomic mass is 28.1. The molecule has 105 valence electrons. The first-order valence-electron chi connectivity index (χ1n) is 6.79. The molecule has 1 aromatic carbocycles. The first-order valence-corrected chi connectivity index (χ1v) is 7.29. The van der Waals surface area contributed by atoms with Crippen molar-refractivity contribution in [2.45, 2.75) is 31.7 Å². The van der Waals surface area contributed by atoms with E-state index < -0.39 is 5.97 Å². The quantitative estimate of drug-likeness (QED) is 0.520. The maximum atomic E-state index is 11.9. The highest BCUT2D eigenvalue weighted by Gasteiger charge is 2.24. The molecule has 1 N–H and O–H groups in total. The Morgan fingerprint density at radius 3 is 2.65 bits per heavy atom. The number of esters is 1. The van der Waals surface area contributed by atoms with Crippen LogP contribution in [0.2, 0.25) is 0 Å². The fourth-order valence-corrected chi connectivity index (χ4v) is 3.13. The van der Waals surface area contributed by atoms with Crippen LogP contribution in [0.3, 0.4) is 0 Å². The topological polar surface area (TPSA) is 53.4 Å². The van der Waals surface area contributed by atoms with Gasteiger partial charge in [0.05, 0.1) is 22.9 Å². The average Bonchev–Trinajstić information content (AvgIpc) is 2.98. The van der Waals surface area contributed by atoms with Crippen molar-refractivity contribution in [1.29, 1.82) is 5.41 Å². The lowest BCUT2D eigenvalue weighted by atomic mass is 10.0. The number of nitrogens with one attached hydrogen (secondary N) is 1. The summed E-state index contributed by atoms with van der Waals surface area (Å²) in [5.41, 5.74) is 1.95. The third-order valence-corrected chi connectivity index (χ3v) is 4.25. The monoisotopic (exact) mass is 287 g/mol. The normalized spacial score (nSPS) is 15.2. The third kappa shape index (κ3) is 2.77. The van der Waals surface area contributed by atoms with E-state index in [2.05, 4.69) is 15.1 Å². The fraction of sp³-hybridized carbons (Fsp3) is 0.467. The molecule has 0 aromatic heterocycles. The van der Waals surface area contributed by atoms with E-state index in [4.69, 9.17) is 10.1 Å². The molecule has 1 aliphatic rings. The van der Waals surface area contributed by atoms with E-state index in [-0.39, 0.29) is 0 Å². The van der Waals surface area contributed by atoms with Gasteiger partial charge in [0.15, 0.2) is 0 Å². The number of hydrogen-bond acceptors (Lipinski definition) is 4. The Morgan fingerprint density at radius 2 is 2.10 bits per heavy atom. The van der Waals surface area contributed by atoms with E-state index in [9.17, 15) is 4.79 Å². The fourth-order valence-electron chi connectivity index (χ4n) is 2.85. The number of methoxy groups -OCH3 is 1. The van der Waals surface area contributed by atoms with Crippen LogP contribution in [0.5, 0.6) is 0 Å². The molecule has 0 heterocycles. The van der Waals surface area contributed by atoms with E-state index in [1.54, 1.807) is 6.07 Å². The summed E-state index contributed by atoms with van der Waals surface area (Å²) in [6, 6.07) is 4.14. The van der Waals surface area contributed by atoms with Crippen LogP contribution in [0.4, 0.5) is 5.69 Å². The van der Waals surface area contributed by atoms with E-state index in [0.717, 1.165) is 23.7 Å². The minimum absolute atomic E-state index is 0.412. The molecule has 20 heavy (non-hydrogen) atoms. The summed E-state index contributed by atoms with van der Waals surface area (Å²) in [7, 11) is 6.89. The van der Waals surface area contributed by atoms with Gasteiger partial charge in [-0.1, -0.05) is 18.0 Å². The third-order valence-electron chi connectivity index (χ3n) is 3.96. The molecule has 1 aromatic rings. The highest BCUT2D eigenvalue weighted by molar-refractivity contribution is 6.33. The van der Waals surface area contributed by atoms with Crippen molar-refractivity contribution in [3.8, 4) is 0 Å².